The first kappa shape index (κ1) is 17.8. The van der Waals surface area contributed by atoms with Crippen molar-refractivity contribution < 1.29 is 4.79 Å². The summed E-state index contributed by atoms with van der Waals surface area (Å²) >= 11 is 0. The van der Waals surface area contributed by atoms with Crippen LogP contribution in [0.25, 0.3) is 0 Å². The monoisotopic (exact) mass is 307 g/mol. The van der Waals surface area contributed by atoms with Gasteiger partial charge in [-0.25, -0.2) is 0 Å². The summed E-state index contributed by atoms with van der Waals surface area (Å²) < 4.78 is 0. The lowest BCUT2D eigenvalue weighted by Crippen LogP contribution is -2.56. The molecule has 1 radical (unpaired) electrons. The van der Waals surface area contributed by atoms with E-state index in [0.29, 0.717) is 0 Å². The fourth-order valence-electron chi connectivity index (χ4n) is 4.30. The fraction of sp³-hybridized carbons (Fsp3) is 0.895. The van der Waals surface area contributed by atoms with Gasteiger partial charge in [0, 0.05) is 0 Å². The highest BCUT2D eigenvalue weighted by Gasteiger charge is 2.41. The second-order valence-electron chi connectivity index (χ2n) is 7.57. The van der Waals surface area contributed by atoms with Crippen LogP contribution in [0.2, 0.25) is 0 Å². The van der Waals surface area contributed by atoms with E-state index in [0.717, 1.165) is 31.7 Å². The van der Waals surface area contributed by atoms with Crippen LogP contribution in [0.3, 0.4) is 0 Å². The van der Waals surface area contributed by atoms with Crippen LogP contribution in [-0.4, -0.2) is 29.9 Å². The number of rotatable bonds is 1. The van der Waals surface area contributed by atoms with Gasteiger partial charge in [0.2, 0.25) is 5.91 Å². The fourth-order valence-corrected chi connectivity index (χ4v) is 4.30. The Morgan fingerprint density at radius 1 is 1.05 bits per heavy atom. The van der Waals surface area contributed by atoms with Gasteiger partial charge in [-0.15, -0.1) is 0 Å². The molecule has 0 spiro atoms. The Morgan fingerprint density at radius 3 is 2.36 bits per heavy atom. The van der Waals surface area contributed by atoms with Gasteiger partial charge < -0.3 is 5.73 Å². The molecule has 3 heteroatoms. The van der Waals surface area contributed by atoms with Crippen LogP contribution in [0, 0.1) is 12.3 Å². The molecule has 0 aromatic rings. The quantitative estimate of drug-likeness (QED) is 0.794. The lowest BCUT2D eigenvalue weighted by atomic mass is 9.86. The summed E-state index contributed by atoms with van der Waals surface area (Å²) in [5, 5.41) is 0. The molecule has 2 unspecified atom stereocenters. The van der Waals surface area contributed by atoms with E-state index in [1.807, 2.05) is 0 Å². The van der Waals surface area contributed by atoms with Crippen LogP contribution >= 0.6 is 0 Å². The summed E-state index contributed by atoms with van der Waals surface area (Å²) in [6, 6.07) is 0. The Kier molecular flexibility index (Phi) is 7.20. The van der Waals surface area contributed by atoms with E-state index in [-0.39, 0.29) is 5.91 Å². The SMILES string of the molecule is CN1CCCCCCCCCCC2C[CH]CC1(C(N)=O)CC2. The lowest BCUT2D eigenvalue weighted by molar-refractivity contribution is -0.130. The minimum Gasteiger partial charge on any atom is -0.368 e. The van der Waals surface area contributed by atoms with E-state index in [2.05, 4.69) is 18.4 Å². The van der Waals surface area contributed by atoms with Crippen LogP contribution in [0.15, 0.2) is 0 Å². The van der Waals surface area contributed by atoms with Crippen molar-refractivity contribution in [3.8, 4) is 0 Å². The van der Waals surface area contributed by atoms with Gasteiger partial charge in [0.25, 0.3) is 0 Å². The number of hydrogen-bond acceptors (Lipinski definition) is 2. The third-order valence-corrected chi connectivity index (χ3v) is 5.99. The molecule has 1 saturated carbocycles. The predicted octanol–water partition coefficient (Wildman–Crippen LogP) is 4.06. The van der Waals surface area contributed by atoms with E-state index >= 15 is 0 Å². The molecular formula is C19H35N2O. The minimum atomic E-state index is -0.422. The second kappa shape index (κ2) is 8.90. The van der Waals surface area contributed by atoms with Crippen LogP contribution in [0.1, 0.15) is 83.5 Å². The molecule has 1 saturated heterocycles. The predicted molar refractivity (Wildman–Crippen MR) is 92.4 cm³/mol. The molecule has 2 rings (SSSR count). The molecule has 1 aliphatic heterocycles. The number of nitrogens with two attached hydrogens (primary N) is 1. The summed E-state index contributed by atoms with van der Waals surface area (Å²) in [5.74, 6) is 0.649. The van der Waals surface area contributed by atoms with Gasteiger partial charge >= 0.3 is 0 Å². The van der Waals surface area contributed by atoms with Crippen molar-refractivity contribution in [1.29, 1.82) is 0 Å². The van der Waals surface area contributed by atoms with E-state index in [1.165, 1.54) is 64.2 Å². The first-order valence-electron chi connectivity index (χ1n) is 9.48. The van der Waals surface area contributed by atoms with Crippen molar-refractivity contribution in [3.63, 3.8) is 0 Å². The van der Waals surface area contributed by atoms with Gasteiger partial charge in [0.1, 0.15) is 5.54 Å². The van der Waals surface area contributed by atoms with Crippen LogP contribution in [-0.2, 0) is 4.79 Å². The maximum Gasteiger partial charge on any atom is 0.237 e. The van der Waals surface area contributed by atoms with Gasteiger partial charge in [0.05, 0.1) is 0 Å². The largest absolute Gasteiger partial charge is 0.368 e. The average molecular weight is 308 g/mol. The van der Waals surface area contributed by atoms with Crippen molar-refractivity contribution in [2.45, 2.75) is 89.0 Å². The standard InChI is InChI=1S/C19H35N2O/c1-21-16-9-7-5-3-2-4-6-8-11-17-12-10-14-19(21,15-13-17)18(20)22/h10,17H,2-9,11-16H2,1H3,(H2,20,22). The number of primary amides is 1. The zero-order valence-corrected chi connectivity index (χ0v) is 14.5. The van der Waals surface area contributed by atoms with E-state index < -0.39 is 5.54 Å². The van der Waals surface area contributed by atoms with Gasteiger partial charge in [-0.2, -0.15) is 0 Å². The van der Waals surface area contributed by atoms with Crippen LogP contribution < -0.4 is 5.73 Å². The van der Waals surface area contributed by atoms with Gasteiger partial charge in [0.15, 0.2) is 0 Å². The molecule has 0 aromatic carbocycles. The molecule has 0 aromatic heterocycles. The number of amides is 1. The molecule has 2 bridgehead atoms. The number of nitrogens with zero attached hydrogens (tertiary/aromatic N) is 1. The molecule has 3 nitrogen and oxygen atoms in total. The number of hydrogen-bond donors (Lipinski definition) is 1. The van der Waals surface area contributed by atoms with Crippen molar-refractivity contribution >= 4 is 5.91 Å². The zero-order chi connectivity index (χ0) is 15.8. The van der Waals surface area contributed by atoms with Crippen LogP contribution in [0.5, 0.6) is 0 Å². The van der Waals surface area contributed by atoms with Crippen molar-refractivity contribution in [3.05, 3.63) is 6.42 Å². The first-order valence-corrected chi connectivity index (χ1v) is 9.48. The smallest absolute Gasteiger partial charge is 0.237 e. The molecule has 127 valence electrons. The number of likely N-dealkylation sites (N-methyl/N-ethyl adjacent to an activating group) is 1. The van der Waals surface area contributed by atoms with Crippen molar-refractivity contribution in [2.24, 2.45) is 11.7 Å². The molecule has 2 fully saturated rings. The molecule has 1 heterocycles. The number of fused-ring (bicyclic) bond motifs is 3. The van der Waals surface area contributed by atoms with E-state index in [9.17, 15) is 4.79 Å². The third kappa shape index (κ3) is 4.71. The molecule has 1 aliphatic carbocycles. The topological polar surface area (TPSA) is 46.3 Å². The molecule has 22 heavy (non-hydrogen) atoms. The highest BCUT2D eigenvalue weighted by molar-refractivity contribution is 5.84. The Balaban J connectivity index is 2.05. The summed E-state index contributed by atoms with van der Waals surface area (Å²) in [4.78, 5) is 14.5. The Labute approximate surface area is 137 Å². The Hall–Kier alpha value is -0.570. The molecule has 2 aliphatic rings. The average Bonchev–Trinajstić information content (AvgIpc) is 2.71. The van der Waals surface area contributed by atoms with Crippen LogP contribution in [0.4, 0.5) is 0 Å². The first-order chi connectivity index (χ1) is 10.6. The zero-order valence-electron chi connectivity index (χ0n) is 14.5. The summed E-state index contributed by atoms with van der Waals surface area (Å²) in [6.45, 7) is 1.00. The molecule has 2 atom stereocenters. The second-order valence-corrected chi connectivity index (χ2v) is 7.57. The molecular weight excluding hydrogens is 272 g/mol. The highest BCUT2D eigenvalue weighted by Crippen LogP contribution is 2.36. The minimum absolute atomic E-state index is 0.115. The Morgan fingerprint density at radius 2 is 1.68 bits per heavy atom. The van der Waals surface area contributed by atoms with Gasteiger partial charge in [-0.05, 0) is 58.0 Å². The van der Waals surface area contributed by atoms with Gasteiger partial charge in [-0.1, -0.05) is 51.4 Å². The highest BCUT2D eigenvalue weighted by atomic mass is 16.1. The normalized spacial score (nSPS) is 33.6. The maximum absolute atomic E-state index is 12.3. The van der Waals surface area contributed by atoms with E-state index in [4.69, 9.17) is 5.73 Å². The number of carbonyl (C=O) groups is 1. The summed E-state index contributed by atoms with van der Waals surface area (Å²) in [5.41, 5.74) is 5.44. The maximum atomic E-state index is 12.3. The third-order valence-electron chi connectivity index (χ3n) is 5.99. The summed E-state index contributed by atoms with van der Waals surface area (Å²) in [7, 11) is 2.11. The van der Waals surface area contributed by atoms with E-state index in [1.54, 1.807) is 0 Å². The molecule has 2 N–H and O–H groups in total. The molecule has 1 amide bonds. The Bertz CT molecular complexity index is 344. The number of carbonyl (C=O) groups excluding carboxylic acids is 1. The summed E-state index contributed by atoms with van der Waals surface area (Å²) in [6.07, 6.45) is 18.5. The van der Waals surface area contributed by atoms with Crippen molar-refractivity contribution in [1.82, 2.24) is 4.90 Å². The lowest BCUT2D eigenvalue weighted by Gasteiger charge is -2.39. The van der Waals surface area contributed by atoms with Crippen molar-refractivity contribution in [2.75, 3.05) is 13.6 Å². The van der Waals surface area contributed by atoms with Gasteiger partial charge in [-0.3, -0.25) is 9.69 Å².